The molecule has 2 atom stereocenters. The van der Waals surface area contributed by atoms with Crippen molar-refractivity contribution in [3.8, 4) is 17.2 Å². The van der Waals surface area contributed by atoms with E-state index in [1.54, 1.807) is 0 Å². The van der Waals surface area contributed by atoms with Crippen LogP contribution in [0.15, 0.2) is 103 Å². The maximum atomic E-state index is 11.3. The lowest BCUT2D eigenvalue weighted by Crippen LogP contribution is -2.33. The Labute approximate surface area is 205 Å². The van der Waals surface area contributed by atoms with Crippen molar-refractivity contribution < 1.29 is 24.1 Å². The second-order valence-corrected chi connectivity index (χ2v) is 8.47. The molecule has 5 rings (SSSR count). The zero-order valence-electron chi connectivity index (χ0n) is 19.4. The Hall–Kier alpha value is -3.80. The van der Waals surface area contributed by atoms with Gasteiger partial charge < -0.3 is 24.1 Å². The number of hydrogen-bond acceptors (Lipinski definition) is 5. The summed E-state index contributed by atoms with van der Waals surface area (Å²) in [5.74, 6) is 1.69. The van der Waals surface area contributed by atoms with E-state index in [0.29, 0.717) is 42.6 Å². The second kappa shape index (κ2) is 11.1. The molecule has 0 amide bonds. The van der Waals surface area contributed by atoms with Gasteiger partial charge in [-0.25, -0.2) is 0 Å². The van der Waals surface area contributed by atoms with Crippen LogP contribution in [0.1, 0.15) is 28.4 Å². The fraction of sp³-hybridized carbons (Fsp3) is 0.200. The van der Waals surface area contributed by atoms with Gasteiger partial charge >= 0.3 is 0 Å². The van der Waals surface area contributed by atoms with Gasteiger partial charge in [-0.3, -0.25) is 0 Å². The molecule has 0 bridgehead atoms. The zero-order valence-corrected chi connectivity index (χ0v) is 19.4. The Kier molecular flexibility index (Phi) is 7.27. The smallest absolute Gasteiger partial charge is 0.133 e. The van der Waals surface area contributed by atoms with Crippen LogP contribution in [-0.2, 0) is 24.6 Å². The van der Waals surface area contributed by atoms with E-state index in [1.807, 2.05) is 103 Å². The summed E-state index contributed by atoms with van der Waals surface area (Å²) >= 11 is 0. The lowest BCUT2D eigenvalue weighted by Gasteiger charge is -2.32. The Bertz CT molecular complexity index is 1210. The van der Waals surface area contributed by atoms with Gasteiger partial charge in [0.1, 0.15) is 49.3 Å². The van der Waals surface area contributed by atoms with Crippen LogP contribution in [0.4, 0.5) is 0 Å². The standard InChI is InChI=1S/C30H28O5/c31-30-28(34-20-24-14-8-3-9-15-24)21-35-27-17-25(32-18-22-10-4-1-5-11-22)16-26(29(27)30)33-19-23-12-6-2-7-13-23/h1-17,28,30-31H,18-21H2. The number of rotatable bonds is 9. The van der Waals surface area contributed by atoms with Crippen LogP contribution in [0.5, 0.6) is 17.2 Å². The normalized spacial score (nSPS) is 16.7. The Morgan fingerprint density at radius 3 is 1.83 bits per heavy atom. The summed E-state index contributed by atoms with van der Waals surface area (Å²) in [4.78, 5) is 0. The number of aliphatic hydroxyl groups excluding tert-OH is 1. The van der Waals surface area contributed by atoms with Crippen molar-refractivity contribution in [1.29, 1.82) is 0 Å². The van der Waals surface area contributed by atoms with Crippen LogP contribution in [0, 0.1) is 0 Å². The van der Waals surface area contributed by atoms with Gasteiger partial charge in [0.05, 0.1) is 12.2 Å². The molecule has 0 spiro atoms. The van der Waals surface area contributed by atoms with E-state index < -0.39 is 12.2 Å². The molecule has 2 unspecified atom stereocenters. The molecule has 0 saturated carbocycles. The van der Waals surface area contributed by atoms with Gasteiger partial charge in [-0.15, -0.1) is 0 Å². The maximum absolute atomic E-state index is 11.3. The van der Waals surface area contributed by atoms with Crippen LogP contribution >= 0.6 is 0 Å². The monoisotopic (exact) mass is 468 g/mol. The van der Waals surface area contributed by atoms with Crippen LogP contribution in [0.3, 0.4) is 0 Å². The van der Waals surface area contributed by atoms with Gasteiger partial charge in [0.15, 0.2) is 0 Å². The van der Waals surface area contributed by atoms with Crippen LogP contribution in [-0.4, -0.2) is 17.8 Å². The van der Waals surface area contributed by atoms with Crippen LogP contribution in [0.25, 0.3) is 0 Å². The van der Waals surface area contributed by atoms with Gasteiger partial charge in [-0.05, 0) is 16.7 Å². The highest BCUT2D eigenvalue weighted by Crippen LogP contribution is 2.43. The Morgan fingerprint density at radius 1 is 0.686 bits per heavy atom. The molecule has 0 aromatic heterocycles. The first-order valence-electron chi connectivity index (χ1n) is 11.7. The minimum absolute atomic E-state index is 0.237. The third-order valence-corrected chi connectivity index (χ3v) is 5.92. The number of hydrogen-bond donors (Lipinski definition) is 1. The maximum Gasteiger partial charge on any atom is 0.133 e. The van der Waals surface area contributed by atoms with Crippen LogP contribution < -0.4 is 14.2 Å². The molecule has 4 aromatic carbocycles. The van der Waals surface area contributed by atoms with Crippen molar-refractivity contribution in [2.75, 3.05) is 6.61 Å². The average Bonchev–Trinajstić information content (AvgIpc) is 2.92. The molecule has 35 heavy (non-hydrogen) atoms. The first kappa shape index (κ1) is 23.0. The van der Waals surface area contributed by atoms with E-state index >= 15 is 0 Å². The summed E-state index contributed by atoms with van der Waals surface area (Å²) in [6.07, 6.45) is -1.41. The summed E-state index contributed by atoms with van der Waals surface area (Å²) in [6, 6.07) is 33.4. The molecule has 0 fully saturated rings. The van der Waals surface area contributed by atoms with E-state index in [1.165, 1.54) is 0 Å². The predicted molar refractivity (Wildman–Crippen MR) is 133 cm³/mol. The van der Waals surface area contributed by atoms with Gasteiger partial charge in [0, 0.05) is 12.1 Å². The lowest BCUT2D eigenvalue weighted by atomic mass is 9.99. The minimum atomic E-state index is -0.892. The fourth-order valence-electron chi connectivity index (χ4n) is 4.03. The summed E-state index contributed by atoms with van der Waals surface area (Å²) in [5.41, 5.74) is 3.71. The highest BCUT2D eigenvalue weighted by Gasteiger charge is 2.34. The molecule has 0 aliphatic carbocycles. The molecule has 0 saturated heterocycles. The van der Waals surface area contributed by atoms with Gasteiger partial charge in [0.2, 0.25) is 0 Å². The van der Waals surface area contributed by atoms with Gasteiger partial charge in [0.25, 0.3) is 0 Å². The Morgan fingerprint density at radius 2 is 1.23 bits per heavy atom. The Balaban J connectivity index is 1.37. The van der Waals surface area contributed by atoms with E-state index in [9.17, 15) is 5.11 Å². The number of benzene rings is 4. The minimum Gasteiger partial charge on any atom is -0.490 e. The first-order chi connectivity index (χ1) is 17.3. The summed E-state index contributed by atoms with van der Waals surface area (Å²) in [5, 5.41) is 11.3. The topological polar surface area (TPSA) is 57.2 Å². The highest BCUT2D eigenvalue weighted by molar-refractivity contribution is 5.53. The van der Waals surface area contributed by atoms with Crippen LogP contribution in [0.2, 0.25) is 0 Å². The molecule has 5 nitrogen and oxygen atoms in total. The third-order valence-electron chi connectivity index (χ3n) is 5.92. The number of ether oxygens (including phenoxy) is 4. The van der Waals surface area contributed by atoms with Gasteiger partial charge in [-0.1, -0.05) is 91.0 Å². The van der Waals surface area contributed by atoms with Crippen molar-refractivity contribution in [1.82, 2.24) is 0 Å². The highest BCUT2D eigenvalue weighted by atomic mass is 16.5. The molecular formula is C30H28O5. The van der Waals surface area contributed by atoms with Crippen molar-refractivity contribution in [2.45, 2.75) is 32.0 Å². The molecule has 5 heteroatoms. The average molecular weight is 469 g/mol. The fourth-order valence-corrected chi connectivity index (χ4v) is 4.03. The molecule has 1 aliphatic heterocycles. The summed E-state index contributed by atoms with van der Waals surface area (Å²) in [6.45, 7) is 1.40. The van der Waals surface area contributed by atoms with E-state index in [-0.39, 0.29) is 6.61 Å². The van der Waals surface area contributed by atoms with E-state index in [4.69, 9.17) is 18.9 Å². The SMILES string of the molecule is OC1c2c(OCc3ccccc3)cc(OCc3ccccc3)cc2OCC1OCc1ccccc1. The van der Waals surface area contributed by atoms with E-state index in [0.717, 1.165) is 16.7 Å². The number of fused-ring (bicyclic) bond motifs is 1. The molecule has 4 aromatic rings. The number of aliphatic hydroxyl groups is 1. The zero-order chi connectivity index (χ0) is 23.9. The third kappa shape index (κ3) is 5.83. The van der Waals surface area contributed by atoms with Crippen molar-refractivity contribution in [2.24, 2.45) is 0 Å². The molecule has 1 heterocycles. The van der Waals surface area contributed by atoms with Gasteiger partial charge in [-0.2, -0.15) is 0 Å². The van der Waals surface area contributed by atoms with Crippen molar-refractivity contribution >= 4 is 0 Å². The second-order valence-electron chi connectivity index (χ2n) is 8.47. The molecule has 1 aliphatic rings. The summed E-state index contributed by atoms with van der Waals surface area (Å²) in [7, 11) is 0. The van der Waals surface area contributed by atoms with Crippen molar-refractivity contribution in [3.63, 3.8) is 0 Å². The predicted octanol–water partition coefficient (Wildman–Crippen LogP) is 5.86. The van der Waals surface area contributed by atoms with Crippen molar-refractivity contribution in [3.05, 3.63) is 125 Å². The largest absolute Gasteiger partial charge is 0.490 e. The van der Waals surface area contributed by atoms with E-state index in [2.05, 4.69) is 0 Å². The molecule has 0 radical (unpaired) electrons. The first-order valence-corrected chi connectivity index (χ1v) is 11.7. The molecule has 178 valence electrons. The quantitative estimate of drug-likeness (QED) is 0.334. The summed E-state index contributed by atoms with van der Waals surface area (Å²) < 4.78 is 24.3. The lowest BCUT2D eigenvalue weighted by molar-refractivity contribution is -0.0804. The molecule has 1 N–H and O–H groups in total. The molecular weight excluding hydrogens is 440 g/mol.